The maximum atomic E-state index is 5.47. The van der Waals surface area contributed by atoms with E-state index in [1.54, 1.807) is 18.0 Å². The van der Waals surface area contributed by atoms with Gasteiger partial charge in [0.1, 0.15) is 11.5 Å². The van der Waals surface area contributed by atoms with Crippen LogP contribution in [0, 0.1) is 4.77 Å². The molecule has 0 unspecified atom stereocenters. The Kier molecular flexibility index (Phi) is 5.85. The van der Waals surface area contributed by atoms with E-state index >= 15 is 0 Å². The van der Waals surface area contributed by atoms with Gasteiger partial charge in [-0.25, -0.2) is 5.10 Å². The molecular weight excluding hydrogens is 416 g/mol. The highest BCUT2D eigenvalue weighted by molar-refractivity contribution is 9.10. The predicted molar refractivity (Wildman–Crippen MR) is 108 cm³/mol. The van der Waals surface area contributed by atoms with Crippen molar-refractivity contribution in [3.63, 3.8) is 0 Å². The van der Waals surface area contributed by atoms with Crippen LogP contribution in [0.25, 0.3) is 11.4 Å². The summed E-state index contributed by atoms with van der Waals surface area (Å²) in [5, 5.41) is 11.5. The van der Waals surface area contributed by atoms with Gasteiger partial charge in [0, 0.05) is 15.6 Å². The highest BCUT2D eigenvalue weighted by Crippen LogP contribution is 2.23. The van der Waals surface area contributed by atoms with Crippen molar-refractivity contribution < 1.29 is 9.47 Å². The first-order chi connectivity index (χ1) is 12.6. The van der Waals surface area contributed by atoms with Crippen LogP contribution in [0.3, 0.4) is 0 Å². The van der Waals surface area contributed by atoms with Gasteiger partial charge in [0.05, 0.1) is 19.9 Å². The highest BCUT2D eigenvalue weighted by Gasteiger charge is 2.09. The fourth-order valence-corrected chi connectivity index (χ4v) is 2.94. The number of hydrogen-bond acceptors (Lipinski definition) is 5. The average molecular weight is 433 g/mol. The molecule has 0 aliphatic carbocycles. The Morgan fingerprint density at radius 1 is 1.27 bits per heavy atom. The van der Waals surface area contributed by atoms with Crippen LogP contribution < -0.4 is 9.47 Å². The number of rotatable bonds is 6. The van der Waals surface area contributed by atoms with Crippen molar-refractivity contribution in [1.29, 1.82) is 0 Å². The third-order valence-corrected chi connectivity index (χ3v) is 4.34. The number of hydrogen-bond donors (Lipinski definition) is 1. The van der Waals surface area contributed by atoms with Gasteiger partial charge in [-0.05, 0) is 61.6 Å². The normalized spacial score (nSPS) is 11.0. The molecule has 0 fully saturated rings. The average Bonchev–Trinajstić information content (AvgIpc) is 3.01. The van der Waals surface area contributed by atoms with E-state index in [-0.39, 0.29) is 0 Å². The summed E-state index contributed by atoms with van der Waals surface area (Å²) in [6.45, 7) is 2.57. The summed E-state index contributed by atoms with van der Waals surface area (Å²) in [5.74, 6) is 2.14. The summed E-state index contributed by atoms with van der Waals surface area (Å²) in [6.07, 6.45) is 1.69. The Balaban J connectivity index is 1.96. The van der Waals surface area contributed by atoms with Crippen molar-refractivity contribution in [2.45, 2.75) is 6.92 Å². The lowest BCUT2D eigenvalue weighted by molar-refractivity contribution is 0.340. The quantitative estimate of drug-likeness (QED) is 0.454. The predicted octanol–water partition coefficient (Wildman–Crippen LogP) is 4.66. The molecule has 1 heterocycles. The van der Waals surface area contributed by atoms with Crippen LogP contribution in [0.15, 0.2) is 52.0 Å². The fourth-order valence-electron chi connectivity index (χ4n) is 2.38. The zero-order chi connectivity index (χ0) is 18.5. The molecule has 0 amide bonds. The van der Waals surface area contributed by atoms with Crippen LogP contribution in [0.5, 0.6) is 11.5 Å². The first-order valence-electron chi connectivity index (χ1n) is 7.91. The standard InChI is InChI=1S/C18H17BrN4O2S/c1-3-25-15-7-4-12(5-8-15)17-21-22-18(26)23(17)20-11-13-10-14(19)6-9-16(13)24-2/h4-11H,3H2,1-2H3,(H,22,26)/b20-11-. The van der Waals surface area contributed by atoms with E-state index in [9.17, 15) is 0 Å². The molecule has 3 aromatic rings. The van der Waals surface area contributed by atoms with Gasteiger partial charge in [-0.2, -0.15) is 14.9 Å². The van der Waals surface area contributed by atoms with Crippen molar-refractivity contribution >= 4 is 34.4 Å². The number of aromatic amines is 1. The van der Waals surface area contributed by atoms with Crippen molar-refractivity contribution in [2.75, 3.05) is 13.7 Å². The van der Waals surface area contributed by atoms with Crippen LogP contribution in [0.1, 0.15) is 12.5 Å². The number of nitrogens with zero attached hydrogens (tertiary/aromatic N) is 3. The maximum Gasteiger partial charge on any atom is 0.216 e. The summed E-state index contributed by atoms with van der Waals surface area (Å²) in [6, 6.07) is 13.3. The Morgan fingerprint density at radius 3 is 2.73 bits per heavy atom. The van der Waals surface area contributed by atoms with Crippen molar-refractivity contribution in [1.82, 2.24) is 14.9 Å². The van der Waals surface area contributed by atoms with Crippen LogP contribution in [0.2, 0.25) is 0 Å². The van der Waals surface area contributed by atoms with Gasteiger partial charge in [-0.3, -0.25) is 0 Å². The molecule has 1 N–H and O–H groups in total. The first kappa shape index (κ1) is 18.3. The van der Waals surface area contributed by atoms with Gasteiger partial charge < -0.3 is 9.47 Å². The Morgan fingerprint density at radius 2 is 2.04 bits per heavy atom. The van der Waals surface area contributed by atoms with Gasteiger partial charge in [0.15, 0.2) is 5.82 Å². The number of nitrogens with one attached hydrogen (secondary N) is 1. The lowest BCUT2D eigenvalue weighted by atomic mass is 10.2. The smallest absolute Gasteiger partial charge is 0.216 e. The number of aromatic nitrogens is 3. The van der Waals surface area contributed by atoms with Gasteiger partial charge in [0.2, 0.25) is 4.77 Å². The molecule has 0 aliphatic rings. The zero-order valence-corrected chi connectivity index (χ0v) is 16.7. The summed E-state index contributed by atoms with van der Waals surface area (Å²) in [4.78, 5) is 0. The highest BCUT2D eigenvalue weighted by atomic mass is 79.9. The molecule has 0 saturated heterocycles. The monoisotopic (exact) mass is 432 g/mol. The maximum absolute atomic E-state index is 5.47. The molecule has 0 aliphatic heterocycles. The molecule has 0 spiro atoms. The molecule has 0 saturated carbocycles. The lowest BCUT2D eigenvalue weighted by Crippen LogP contribution is -1.97. The molecule has 3 rings (SSSR count). The number of ether oxygens (including phenoxy) is 2. The van der Waals surface area contributed by atoms with E-state index in [2.05, 4.69) is 31.2 Å². The summed E-state index contributed by atoms with van der Waals surface area (Å²) in [5.41, 5.74) is 1.70. The molecule has 26 heavy (non-hydrogen) atoms. The Labute approximate surface area is 164 Å². The molecule has 0 bridgehead atoms. The lowest BCUT2D eigenvalue weighted by Gasteiger charge is -2.06. The van der Waals surface area contributed by atoms with E-state index in [0.29, 0.717) is 17.2 Å². The van der Waals surface area contributed by atoms with Crippen molar-refractivity contribution in [3.05, 3.63) is 57.3 Å². The minimum Gasteiger partial charge on any atom is -0.496 e. The largest absolute Gasteiger partial charge is 0.496 e. The zero-order valence-electron chi connectivity index (χ0n) is 14.3. The first-order valence-corrected chi connectivity index (χ1v) is 9.11. The Bertz CT molecular complexity index is 980. The summed E-state index contributed by atoms with van der Waals surface area (Å²) in [7, 11) is 1.62. The molecule has 8 heteroatoms. The minimum atomic E-state index is 0.402. The van der Waals surface area contributed by atoms with Gasteiger partial charge in [-0.15, -0.1) is 0 Å². The van der Waals surface area contributed by atoms with Gasteiger partial charge in [-0.1, -0.05) is 15.9 Å². The van der Waals surface area contributed by atoms with Crippen LogP contribution in [-0.2, 0) is 0 Å². The molecule has 0 radical (unpaired) electrons. The summed E-state index contributed by atoms with van der Waals surface area (Å²) < 4.78 is 13.7. The molecule has 6 nitrogen and oxygen atoms in total. The summed E-state index contributed by atoms with van der Waals surface area (Å²) >= 11 is 8.76. The topological polar surface area (TPSA) is 64.4 Å². The van der Waals surface area contributed by atoms with E-state index in [1.165, 1.54) is 0 Å². The van der Waals surface area contributed by atoms with Crippen LogP contribution in [-0.4, -0.2) is 34.8 Å². The Hall–Kier alpha value is -2.45. The number of H-pyrrole nitrogens is 1. The third kappa shape index (κ3) is 4.03. The molecule has 1 aromatic heterocycles. The number of halogens is 1. The van der Waals surface area contributed by atoms with Crippen LogP contribution >= 0.6 is 28.1 Å². The van der Waals surface area contributed by atoms with Crippen molar-refractivity contribution in [2.24, 2.45) is 5.10 Å². The SMILES string of the molecule is CCOc1ccc(-c2n[nH]c(=S)n2/N=C\c2cc(Br)ccc2OC)cc1. The molecule has 0 atom stereocenters. The van der Waals surface area contributed by atoms with Gasteiger partial charge >= 0.3 is 0 Å². The molecule has 2 aromatic carbocycles. The number of benzene rings is 2. The molecule has 134 valence electrons. The van der Waals surface area contributed by atoms with Crippen LogP contribution in [0.4, 0.5) is 0 Å². The van der Waals surface area contributed by atoms with E-state index in [0.717, 1.165) is 27.1 Å². The second-order valence-electron chi connectivity index (χ2n) is 5.25. The van der Waals surface area contributed by atoms with E-state index < -0.39 is 0 Å². The molecular formula is C18H17BrN4O2S. The third-order valence-electron chi connectivity index (χ3n) is 3.58. The van der Waals surface area contributed by atoms with Crippen molar-refractivity contribution in [3.8, 4) is 22.9 Å². The van der Waals surface area contributed by atoms with E-state index in [4.69, 9.17) is 21.7 Å². The van der Waals surface area contributed by atoms with Gasteiger partial charge in [0.25, 0.3) is 0 Å². The second kappa shape index (κ2) is 8.29. The number of methoxy groups -OCH3 is 1. The fraction of sp³-hybridized carbons (Fsp3) is 0.167. The minimum absolute atomic E-state index is 0.402. The second-order valence-corrected chi connectivity index (χ2v) is 6.55. The van der Waals surface area contributed by atoms with E-state index in [1.807, 2.05) is 49.4 Å².